The van der Waals surface area contributed by atoms with E-state index < -0.39 is 0 Å². The first-order valence-electron chi connectivity index (χ1n) is 9.37. The lowest BCUT2D eigenvalue weighted by atomic mass is 10.2. The normalized spacial score (nSPS) is 14.6. The number of esters is 1. The number of hydrogen-bond donors (Lipinski definition) is 0. The predicted octanol–water partition coefficient (Wildman–Crippen LogP) is 2.95. The topological polar surface area (TPSA) is 49.9 Å². The van der Waals surface area contributed by atoms with Crippen molar-refractivity contribution in [3.05, 3.63) is 22.4 Å². The Balaban J connectivity index is 1.77. The molecule has 0 unspecified atom stereocenters. The van der Waals surface area contributed by atoms with E-state index in [1.165, 1.54) is 25.9 Å². The van der Waals surface area contributed by atoms with Crippen LogP contribution >= 0.6 is 11.3 Å². The van der Waals surface area contributed by atoms with Crippen LogP contribution in [-0.2, 0) is 20.7 Å². The van der Waals surface area contributed by atoms with Crippen LogP contribution in [0.1, 0.15) is 43.9 Å². The standard InChI is InChI=1S/C19H30N2O3S/c1-2-24-19(23)9-14-21(18(22)16-17-8-7-15-25-17)13-6-5-12-20-10-3-4-11-20/h7-8,15H,2-6,9-14,16H2,1H3. The molecule has 0 aliphatic carbocycles. The van der Waals surface area contributed by atoms with E-state index in [0.717, 1.165) is 30.8 Å². The number of carbonyl (C=O) groups excluding carboxylic acids is 2. The van der Waals surface area contributed by atoms with E-state index in [2.05, 4.69) is 4.90 Å². The highest BCUT2D eigenvalue weighted by atomic mass is 32.1. The Labute approximate surface area is 154 Å². The first kappa shape index (κ1) is 19.9. The highest BCUT2D eigenvalue weighted by Gasteiger charge is 2.17. The number of ether oxygens (including phenoxy) is 1. The number of hydrogen-bond acceptors (Lipinski definition) is 5. The van der Waals surface area contributed by atoms with Gasteiger partial charge in [0.05, 0.1) is 19.4 Å². The Morgan fingerprint density at radius 2 is 2.04 bits per heavy atom. The highest BCUT2D eigenvalue weighted by Crippen LogP contribution is 2.12. The maximum Gasteiger partial charge on any atom is 0.307 e. The van der Waals surface area contributed by atoms with Gasteiger partial charge in [-0.1, -0.05) is 6.07 Å². The molecule has 0 bridgehead atoms. The van der Waals surface area contributed by atoms with Crippen molar-refractivity contribution < 1.29 is 14.3 Å². The molecule has 140 valence electrons. The fourth-order valence-corrected chi connectivity index (χ4v) is 3.83. The van der Waals surface area contributed by atoms with Gasteiger partial charge in [0.1, 0.15) is 0 Å². The summed E-state index contributed by atoms with van der Waals surface area (Å²) in [5.41, 5.74) is 0. The third kappa shape index (κ3) is 7.57. The van der Waals surface area contributed by atoms with Gasteiger partial charge in [0.2, 0.25) is 5.91 Å². The fraction of sp³-hybridized carbons (Fsp3) is 0.684. The quantitative estimate of drug-likeness (QED) is 0.446. The molecule has 0 N–H and O–H groups in total. The Kier molecular flexibility index (Phi) is 8.97. The molecule has 6 heteroatoms. The van der Waals surface area contributed by atoms with Gasteiger partial charge in [0.15, 0.2) is 0 Å². The van der Waals surface area contributed by atoms with Crippen molar-refractivity contribution in [2.75, 3.05) is 39.3 Å². The van der Waals surface area contributed by atoms with E-state index in [1.807, 2.05) is 22.4 Å². The molecule has 1 saturated heterocycles. The van der Waals surface area contributed by atoms with Gasteiger partial charge in [0.25, 0.3) is 0 Å². The minimum Gasteiger partial charge on any atom is -0.466 e. The monoisotopic (exact) mass is 366 g/mol. The van der Waals surface area contributed by atoms with Crippen molar-refractivity contribution in [3.8, 4) is 0 Å². The van der Waals surface area contributed by atoms with Crippen molar-refractivity contribution in [1.82, 2.24) is 9.80 Å². The van der Waals surface area contributed by atoms with Crippen LogP contribution in [0.5, 0.6) is 0 Å². The number of rotatable bonds is 11. The summed E-state index contributed by atoms with van der Waals surface area (Å²) in [5.74, 6) is -0.124. The van der Waals surface area contributed by atoms with Crippen LogP contribution in [0.4, 0.5) is 0 Å². The van der Waals surface area contributed by atoms with Crippen molar-refractivity contribution in [2.24, 2.45) is 0 Å². The van der Waals surface area contributed by atoms with Gasteiger partial charge in [-0.05, 0) is 63.7 Å². The number of amides is 1. The Bertz CT molecular complexity index is 513. The summed E-state index contributed by atoms with van der Waals surface area (Å²) in [6.45, 7) is 6.90. The third-order valence-corrected chi connectivity index (χ3v) is 5.38. The van der Waals surface area contributed by atoms with Gasteiger partial charge < -0.3 is 14.5 Å². The minimum atomic E-state index is -0.228. The van der Waals surface area contributed by atoms with Gasteiger partial charge in [0, 0.05) is 18.0 Å². The molecule has 25 heavy (non-hydrogen) atoms. The van der Waals surface area contributed by atoms with Crippen LogP contribution in [0.25, 0.3) is 0 Å². The minimum absolute atomic E-state index is 0.105. The summed E-state index contributed by atoms with van der Waals surface area (Å²) in [5, 5.41) is 1.99. The van der Waals surface area contributed by atoms with E-state index in [-0.39, 0.29) is 18.3 Å². The number of carbonyl (C=O) groups is 2. The van der Waals surface area contributed by atoms with Crippen LogP contribution in [-0.4, -0.2) is 61.0 Å². The molecule has 0 atom stereocenters. The molecule has 2 rings (SSSR count). The lowest BCUT2D eigenvalue weighted by Gasteiger charge is -2.23. The molecular formula is C19H30N2O3S. The molecule has 0 aromatic carbocycles. The summed E-state index contributed by atoms with van der Waals surface area (Å²) in [4.78, 5) is 29.6. The molecule has 1 amide bonds. The summed E-state index contributed by atoms with van der Waals surface area (Å²) in [7, 11) is 0. The Hall–Kier alpha value is -1.40. The van der Waals surface area contributed by atoms with Crippen LogP contribution in [0.15, 0.2) is 17.5 Å². The second-order valence-electron chi connectivity index (χ2n) is 6.45. The molecule has 1 aliphatic heterocycles. The smallest absolute Gasteiger partial charge is 0.307 e. The molecule has 0 saturated carbocycles. The molecular weight excluding hydrogens is 336 g/mol. The van der Waals surface area contributed by atoms with Crippen molar-refractivity contribution in [1.29, 1.82) is 0 Å². The average molecular weight is 367 g/mol. The van der Waals surface area contributed by atoms with E-state index in [9.17, 15) is 9.59 Å². The van der Waals surface area contributed by atoms with Gasteiger partial charge in [-0.25, -0.2) is 0 Å². The number of likely N-dealkylation sites (tertiary alicyclic amines) is 1. The number of nitrogens with zero attached hydrogens (tertiary/aromatic N) is 2. The van der Waals surface area contributed by atoms with Crippen molar-refractivity contribution in [3.63, 3.8) is 0 Å². The zero-order chi connectivity index (χ0) is 17.9. The van der Waals surface area contributed by atoms with Crippen LogP contribution in [0.2, 0.25) is 0 Å². The molecule has 1 aromatic heterocycles. The third-order valence-electron chi connectivity index (χ3n) is 4.50. The maximum absolute atomic E-state index is 12.6. The fourth-order valence-electron chi connectivity index (χ4n) is 3.14. The molecule has 1 aliphatic rings. The maximum atomic E-state index is 12.6. The van der Waals surface area contributed by atoms with Crippen LogP contribution < -0.4 is 0 Å². The lowest BCUT2D eigenvalue weighted by molar-refractivity contribution is -0.144. The number of thiophene rings is 1. The van der Waals surface area contributed by atoms with Crippen molar-refractivity contribution >= 4 is 23.2 Å². The zero-order valence-electron chi connectivity index (χ0n) is 15.2. The van der Waals surface area contributed by atoms with E-state index >= 15 is 0 Å². The number of unbranched alkanes of at least 4 members (excludes halogenated alkanes) is 1. The summed E-state index contributed by atoms with van der Waals surface area (Å²) < 4.78 is 4.99. The predicted molar refractivity (Wildman–Crippen MR) is 101 cm³/mol. The van der Waals surface area contributed by atoms with Crippen LogP contribution in [0, 0.1) is 0 Å². The molecule has 0 radical (unpaired) electrons. The second kappa shape index (κ2) is 11.3. The Morgan fingerprint density at radius 1 is 1.24 bits per heavy atom. The highest BCUT2D eigenvalue weighted by molar-refractivity contribution is 7.10. The first-order chi connectivity index (χ1) is 12.2. The second-order valence-corrected chi connectivity index (χ2v) is 7.48. The SMILES string of the molecule is CCOC(=O)CCN(CCCCN1CCCC1)C(=O)Cc1cccs1. The summed E-state index contributed by atoms with van der Waals surface area (Å²) in [6.07, 6.45) is 5.40. The zero-order valence-corrected chi connectivity index (χ0v) is 16.1. The van der Waals surface area contributed by atoms with E-state index in [4.69, 9.17) is 4.74 Å². The molecule has 5 nitrogen and oxygen atoms in total. The first-order valence-corrected chi connectivity index (χ1v) is 10.2. The van der Waals surface area contributed by atoms with Gasteiger partial charge in [-0.15, -0.1) is 11.3 Å². The lowest BCUT2D eigenvalue weighted by Crippen LogP contribution is -2.35. The van der Waals surface area contributed by atoms with Gasteiger partial charge in [-0.2, -0.15) is 0 Å². The molecule has 1 aromatic rings. The molecule has 1 fully saturated rings. The Morgan fingerprint density at radius 3 is 2.72 bits per heavy atom. The van der Waals surface area contributed by atoms with Crippen molar-refractivity contribution in [2.45, 2.75) is 45.4 Å². The largest absolute Gasteiger partial charge is 0.466 e. The van der Waals surface area contributed by atoms with Gasteiger partial charge >= 0.3 is 5.97 Å². The summed E-state index contributed by atoms with van der Waals surface area (Å²) in [6, 6.07) is 3.95. The van der Waals surface area contributed by atoms with E-state index in [1.54, 1.807) is 18.3 Å². The van der Waals surface area contributed by atoms with Gasteiger partial charge in [-0.3, -0.25) is 9.59 Å². The molecule has 0 spiro atoms. The van der Waals surface area contributed by atoms with Crippen LogP contribution in [0.3, 0.4) is 0 Å². The average Bonchev–Trinajstić information content (AvgIpc) is 3.28. The van der Waals surface area contributed by atoms with E-state index in [0.29, 0.717) is 19.6 Å². The summed E-state index contributed by atoms with van der Waals surface area (Å²) >= 11 is 1.60. The molecule has 2 heterocycles.